The predicted molar refractivity (Wildman–Crippen MR) is 242 cm³/mol. The molecule has 12 heteroatoms. The normalized spacial score (nSPS) is 12.9. The number of ether oxygens (including phenoxy) is 7. The fourth-order valence-corrected chi connectivity index (χ4v) is 7.39. The Morgan fingerprint density at radius 1 is 0.524 bits per heavy atom. The number of fused-ring (bicyclic) bond motifs is 4. The highest BCUT2D eigenvalue weighted by molar-refractivity contribution is 5.79. The fourth-order valence-electron chi connectivity index (χ4n) is 7.39. The second kappa shape index (κ2) is 21.7. The Morgan fingerprint density at radius 3 is 1.22 bits per heavy atom. The van der Waals surface area contributed by atoms with E-state index in [9.17, 15) is 14.7 Å². The molecule has 2 aliphatic rings. The molecule has 0 aromatic heterocycles. The molecule has 0 radical (unpaired) electrons. The van der Waals surface area contributed by atoms with Crippen LogP contribution in [0.1, 0.15) is 25.0 Å². The largest absolute Gasteiger partial charge is 0.492 e. The van der Waals surface area contributed by atoms with E-state index in [-0.39, 0.29) is 5.97 Å². The quantitative estimate of drug-likeness (QED) is 0.0828. The van der Waals surface area contributed by atoms with Crippen molar-refractivity contribution in [1.29, 1.82) is 0 Å². The standard InChI is InChI=1S/C26H27NO5.C25H25NO5/c1-3-30-25(26(28)29-2)18-19-12-14-20(15-13-19)31-17-16-27-21-8-4-6-10-23(21)32-24-11-7-5-9-22(24)27;1-2-29-24(25(27)28)17-18-11-13-19(14-12-18)30-16-15-26-20-7-3-5-9-22(20)31-23-10-6-4-8-21(23)26/h4-15,25H,3,16-18H2,1-2H3;3-14,24H,2,15-17H2,1H3,(H,27,28). The maximum atomic E-state index is 11.9. The zero-order chi connectivity index (χ0) is 44.0. The molecule has 0 amide bonds. The van der Waals surface area contributed by atoms with E-state index in [1.165, 1.54) is 7.11 Å². The second-order valence-electron chi connectivity index (χ2n) is 14.5. The molecule has 63 heavy (non-hydrogen) atoms. The number of methoxy groups -OCH3 is 1. The van der Waals surface area contributed by atoms with Gasteiger partial charge in [0.2, 0.25) is 0 Å². The Kier molecular flexibility index (Phi) is 15.2. The van der Waals surface area contributed by atoms with Crippen LogP contribution in [-0.2, 0) is 36.6 Å². The molecule has 6 aromatic rings. The van der Waals surface area contributed by atoms with Crippen molar-refractivity contribution in [1.82, 2.24) is 0 Å². The summed E-state index contributed by atoms with van der Waals surface area (Å²) in [5.74, 6) is 3.53. The van der Waals surface area contributed by atoms with Gasteiger partial charge >= 0.3 is 11.9 Å². The molecular formula is C51H52N2O10. The monoisotopic (exact) mass is 852 g/mol. The van der Waals surface area contributed by atoms with Gasteiger partial charge in [0.1, 0.15) is 24.7 Å². The number of carboxylic acid groups (broad SMARTS) is 1. The molecule has 8 rings (SSSR count). The number of hydrogen-bond acceptors (Lipinski definition) is 11. The Balaban J connectivity index is 0.000000189. The second-order valence-corrected chi connectivity index (χ2v) is 14.5. The number of anilines is 4. The number of nitrogens with zero attached hydrogens (tertiary/aromatic N) is 2. The Labute approximate surface area is 368 Å². The minimum atomic E-state index is -0.951. The number of carboxylic acids is 1. The van der Waals surface area contributed by atoms with E-state index in [2.05, 4.69) is 21.9 Å². The highest BCUT2D eigenvalue weighted by atomic mass is 16.6. The lowest BCUT2D eigenvalue weighted by atomic mass is 10.1. The smallest absolute Gasteiger partial charge is 0.335 e. The van der Waals surface area contributed by atoms with Crippen LogP contribution in [0.25, 0.3) is 0 Å². The molecule has 0 aliphatic carbocycles. The van der Waals surface area contributed by atoms with Crippen LogP contribution >= 0.6 is 0 Å². The van der Waals surface area contributed by atoms with Crippen LogP contribution in [0.4, 0.5) is 22.7 Å². The molecule has 1 N–H and O–H groups in total. The number of carbonyl (C=O) groups is 2. The van der Waals surface area contributed by atoms with Gasteiger partial charge in [-0.3, -0.25) is 0 Å². The van der Waals surface area contributed by atoms with Crippen LogP contribution < -0.4 is 28.7 Å². The maximum absolute atomic E-state index is 11.9. The van der Waals surface area contributed by atoms with Gasteiger partial charge in [0.15, 0.2) is 35.2 Å². The van der Waals surface area contributed by atoms with E-state index in [1.54, 1.807) is 6.92 Å². The molecule has 0 fully saturated rings. The molecule has 2 atom stereocenters. The van der Waals surface area contributed by atoms with E-state index in [4.69, 9.17) is 33.2 Å². The van der Waals surface area contributed by atoms with Crippen molar-refractivity contribution in [2.75, 3.05) is 56.4 Å². The van der Waals surface area contributed by atoms with Crippen LogP contribution in [0, 0.1) is 0 Å². The van der Waals surface area contributed by atoms with Gasteiger partial charge in [0.25, 0.3) is 0 Å². The average Bonchev–Trinajstić information content (AvgIpc) is 3.31. The summed E-state index contributed by atoms with van der Waals surface area (Å²) in [6, 6.07) is 47.1. The van der Waals surface area contributed by atoms with Crippen molar-refractivity contribution in [3.05, 3.63) is 157 Å². The van der Waals surface area contributed by atoms with Gasteiger partial charge < -0.3 is 48.1 Å². The SMILES string of the molecule is CCOC(Cc1ccc(OCCN2c3ccccc3Oc3ccccc32)cc1)C(=O)O.CCOC(Cc1ccc(OCCN2c3ccccc3Oc3ccccc32)cc1)C(=O)OC. The van der Waals surface area contributed by atoms with Crippen LogP contribution in [-0.4, -0.2) is 75.9 Å². The first-order chi connectivity index (χ1) is 30.8. The van der Waals surface area contributed by atoms with Crippen LogP contribution in [0.5, 0.6) is 34.5 Å². The Bertz CT molecular complexity index is 2330. The van der Waals surface area contributed by atoms with Crippen molar-refractivity contribution in [2.45, 2.75) is 38.9 Å². The molecule has 0 saturated heterocycles. The van der Waals surface area contributed by atoms with Crippen molar-refractivity contribution in [3.8, 4) is 34.5 Å². The third-order valence-electron chi connectivity index (χ3n) is 10.4. The van der Waals surface area contributed by atoms with E-state index >= 15 is 0 Å². The first-order valence-corrected chi connectivity index (χ1v) is 21.1. The minimum Gasteiger partial charge on any atom is -0.492 e. The molecule has 0 spiro atoms. The van der Waals surface area contributed by atoms with E-state index < -0.39 is 18.2 Å². The van der Waals surface area contributed by atoms with Crippen molar-refractivity contribution in [2.24, 2.45) is 0 Å². The lowest BCUT2D eigenvalue weighted by Gasteiger charge is -2.32. The number of hydrogen-bond donors (Lipinski definition) is 1. The summed E-state index contributed by atoms with van der Waals surface area (Å²) >= 11 is 0. The summed E-state index contributed by atoms with van der Waals surface area (Å²) in [5.41, 5.74) is 5.94. The van der Waals surface area contributed by atoms with Gasteiger partial charge in [-0.1, -0.05) is 72.8 Å². The molecule has 2 heterocycles. The first-order valence-electron chi connectivity index (χ1n) is 21.1. The van der Waals surface area contributed by atoms with Crippen molar-refractivity contribution in [3.63, 3.8) is 0 Å². The van der Waals surface area contributed by atoms with Crippen molar-refractivity contribution < 1.29 is 47.9 Å². The number of esters is 1. The molecule has 326 valence electrons. The topological polar surface area (TPSA) is 125 Å². The lowest BCUT2D eigenvalue weighted by Crippen LogP contribution is -2.28. The molecule has 0 saturated carbocycles. The molecule has 6 aromatic carbocycles. The van der Waals surface area contributed by atoms with Gasteiger partial charge in [-0.05, 0) is 97.8 Å². The van der Waals surface area contributed by atoms with Gasteiger partial charge in [0.05, 0.1) is 42.9 Å². The Morgan fingerprint density at radius 2 is 0.873 bits per heavy atom. The Hall–Kier alpha value is -7.02. The summed E-state index contributed by atoms with van der Waals surface area (Å²) in [5, 5.41) is 9.24. The zero-order valence-electron chi connectivity index (χ0n) is 35.7. The number of aliphatic carboxylic acids is 1. The van der Waals surface area contributed by atoms with Gasteiger partial charge in [-0.2, -0.15) is 0 Å². The molecule has 12 nitrogen and oxygen atoms in total. The zero-order valence-corrected chi connectivity index (χ0v) is 35.7. The highest BCUT2D eigenvalue weighted by Crippen LogP contribution is 2.47. The molecular weight excluding hydrogens is 801 g/mol. The van der Waals surface area contributed by atoms with Gasteiger partial charge in [0, 0.05) is 26.1 Å². The summed E-state index contributed by atoms with van der Waals surface area (Å²) in [4.78, 5) is 27.5. The van der Waals surface area contributed by atoms with Crippen LogP contribution in [0.3, 0.4) is 0 Å². The van der Waals surface area contributed by atoms with Gasteiger partial charge in [-0.25, -0.2) is 9.59 Å². The van der Waals surface area contributed by atoms with Crippen molar-refractivity contribution >= 4 is 34.7 Å². The third kappa shape index (κ3) is 11.3. The molecule has 2 aliphatic heterocycles. The summed E-state index contributed by atoms with van der Waals surface area (Å²) in [6.07, 6.45) is -0.649. The summed E-state index contributed by atoms with van der Waals surface area (Å²) < 4.78 is 39.6. The summed E-state index contributed by atoms with van der Waals surface area (Å²) in [6.45, 7) is 6.79. The van der Waals surface area contributed by atoms with E-state index in [0.29, 0.717) is 52.4 Å². The molecule has 2 unspecified atom stereocenters. The predicted octanol–water partition coefficient (Wildman–Crippen LogP) is 10.2. The number of carbonyl (C=O) groups excluding carboxylic acids is 1. The maximum Gasteiger partial charge on any atom is 0.335 e. The molecule has 0 bridgehead atoms. The average molecular weight is 853 g/mol. The number of benzene rings is 6. The first kappa shape index (κ1) is 44.0. The minimum absolute atomic E-state index is 0.324. The van der Waals surface area contributed by atoms with Gasteiger partial charge in [-0.15, -0.1) is 0 Å². The van der Waals surface area contributed by atoms with E-state index in [1.807, 2.05) is 140 Å². The lowest BCUT2D eigenvalue weighted by molar-refractivity contribution is -0.153. The number of rotatable bonds is 18. The summed E-state index contributed by atoms with van der Waals surface area (Å²) in [7, 11) is 1.37. The van der Waals surface area contributed by atoms with Crippen LogP contribution in [0.15, 0.2) is 146 Å². The fraction of sp³-hybridized carbons (Fsp3) is 0.255. The van der Waals surface area contributed by atoms with Crippen LogP contribution in [0.2, 0.25) is 0 Å². The highest BCUT2D eigenvalue weighted by Gasteiger charge is 2.25. The van der Waals surface area contributed by atoms with E-state index in [0.717, 1.165) is 68.4 Å². The number of para-hydroxylation sites is 8. The third-order valence-corrected chi connectivity index (χ3v) is 10.4.